The molecule has 2 aliphatic carbocycles. The highest BCUT2D eigenvalue weighted by atomic mass is 16.7. The molecule has 136 valence electrons. The van der Waals surface area contributed by atoms with Crippen LogP contribution < -0.4 is 10.2 Å². The highest BCUT2D eigenvalue weighted by Gasteiger charge is 2.58. The fourth-order valence-corrected chi connectivity index (χ4v) is 4.47. The van der Waals surface area contributed by atoms with E-state index in [-0.39, 0.29) is 30.5 Å². The third kappa shape index (κ3) is 2.63. The third-order valence-corrected chi connectivity index (χ3v) is 6.82. The van der Waals surface area contributed by atoms with Crippen molar-refractivity contribution in [1.29, 1.82) is 0 Å². The fourth-order valence-electron chi connectivity index (χ4n) is 4.47. The summed E-state index contributed by atoms with van der Waals surface area (Å²) in [6.07, 6.45) is 3.64. The van der Waals surface area contributed by atoms with Crippen molar-refractivity contribution in [3.8, 4) is 5.75 Å². The van der Waals surface area contributed by atoms with Gasteiger partial charge in [0.2, 0.25) is 0 Å². The van der Waals surface area contributed by atoms with Crippen LogP contribution in [0.5, 0.6) is 5.75 Å². The predicted molar refractivity (Wildman–Crippen MR) is 98.4 cm³/mol. The minimum absolute atomic E-state index is 0.251. The van der Waals surface area contributed by atoms with Gasteiger partial charge in [0.05, 0.1) is 11.2 Å². The van der Waals surface area contributed by atoms with Crippen LogP contribution in [0.3, 0.4) is 0 Å². The first-order valence-corrected chi connectivity index (χ1v) is 9.33. The molecular weight excluding hydrogens is 315 g/mol. The second-order valence-corrected chi connectivity index (χ2v) is 9.04. The van der Waals surface area contributed by atoms with Crippen molar-refractivity contribution in [2.45, 2.75) is 70.5 Å². The van der Waals surface area contributed by atoms with Crippen LogP contribution in [0.4, 0.5) is 0 Å². The molecule has 25 heavy (non-hydrogen) atoms. The van der Waals surface area contributed by atoms with E-state index < -0.39 is 0 Å². The molecule has 2 atom stereocenters. The molecule has 1 aromatic rings. The minimum Gasteiger partial charge on any atom is -0.468 e. The summed E-state index contributed by atoms with van der Waals surface area (Å²) >= 11 is 0. The summed E-state index contributed by atoms with van der Waals surface area (Å²) in [5.74, 6) is 1.64. The van der Waals surface area contributed by atoms with Crippen molar-refractivity contribution in [2.75, 3.05) is 13.9 Å². The molecule has 0 radical (unpaired) electrons. The molecule has 0 bridgehead atoms. The Balaban J connectivity index is 1.78. The van der Waals surface area contributed by atoms with Crippen molar-refractivity contribution in [2.24, 2.45) is 5.92 Å². The van der Waals surface area contributed by atoms with E-state index in [9.17, 15) is 0 Å². The van der Waals surface area contributed by atoms with E-state index >= 15 is 0 Å². The Morgan fingerprint density at radius 2 is 1.80 bits per heavy atom. The molecule has 0 amide bonds. The Hall–Kier alpha value is -1.04. The molecule has 0 spiro atoms. The molecule has 0 N–H and O–H groups in total. The van der Waals surface area contributed by atoms with Crippen LogP contribution in [0.25, 0.3) is 0 Å². The number of methoxy groups -OCH3 is 1. The van der Waals surface area contributed by atoms with Gasteiger partial charge in [-0.1, -0.05) is 6.92 Å². The number of ether oxygens (including phenoxy) is 2. The van der Waals surface area contributed by atoms with Crippen LogP contribution >= 0.6 is 0 Å². The number of benzene rings is 1. The maximum absolute atomic E-state index is 6.38. The van der Waals surface area contributed by atoms with Crippen LogP contribution in [-0.2, 0) is 25.9 Å². The fraction of sp³-hybridized carbons (Fsp3) is 0.700. The standard InChI is InChI=1S/C20H29BO4/c1-18(2)19(3,4)25-21(24-18)16-10-15(23-12-22-6)9-13-7-8-14-11-20(14,5)17(13)16/h9-10,14H,7-8,11-12H2,1-6H3. The highest BCUT2D eigenvalue weighted by molar-refractivity contribution is 6.63. The van der Waals surface area contributed by atoms with Gasteiger partial charge >= 0.3 is 7.12 Å². The van der Waals surface area contributed by atoms with Gasteiger partial charge in [0.15, 0.2) is 6.79 Å². The number of hydrogen-bond donors (Lipinski definition) is 0. The van der Waals surface area contributed by atoms with E-state index in [1.165, 1.54) is 24.0 Å². The van der Waals surface area contributed by atoms with Gasteiger partial charge in [-0.15, -0.1) is 0 Å². The largest absolute Gasteiger partial charge is 0.495 e. The number of rotatable bonds is 4. The first-order chi connectivity index (χ1) is 11.7. The van der Waals surface area contributed by atoms with Crippen molar-refractivity contribution >= 4 is 12.6 Å². The lowest BCUT2D eigenvalue weighted by molar-refractivity contribution is 0.00578. The van der Waals surface area contributed by atoms with E-state index in [0.717, 1.165) is 23.6 Å². The van der Waals surface area contributed by atoms with Crippen LogP contribution in [0.1, 0.15) is 58.6 Å². The van der Waals surface area contributed by atoms with E-state index in [1.807, 2.05) is 0 Å². The second-order valence-electron chi connectivity index (χ2n) is 9.04. The molecule has 1 saturated heterocycles. The van der Waals surface area contributed by atoms with Gasteiger partial charge in [-0.25, -0.2) is 0 Å². The zero-order valence-corrected chi connectivity index (χ0v) is 16.3. The molecule has 2 unspecified atom stereocenters. The van der Waals surface area contributed by atoms with Crippen LogP contribution in [-0.4, -0.2) is 32.2 Å². The van der Waals surface area contributed by atoms with Crippen LogP contribution in [0.2, 0.25) is 0 Å². The van der Waals surface area contributed by atoms with E-state index in [2.05, 4.69) is 46.8 Å². The van der Waals surface area contributed by atoms with Gasteiger partial charge in [-0.2, -0.15) is 0 Å². The number of fused-ring (bicyclic) bond motifs is 3. The molecular formula is C20H29BO4. The van der Waals surface area contributed by atoms with Crippen molar-refractivity contribution in [1.82, 2.24) is 0 Å². The molecule has 2 fully saturated rings. The molecule has 1 heterocycles. The smallest absolute Gasteiger partial charge is 0.468 e. The Morgan fingerprint density at radius 1 is 1.12 bits per heavy atom. The normalized spacial score (nSPS) is 31.4. The SMILES string of the molecule is COCOc1cc2c(c(B3OC(C)(C)C(C)(C)O3)c1)C1(C)CC1CC2. The molecule has 4 rings (SSSR count). The molecule has 1 aliphatic heterocycles. The summed E-state index contributed by atoms with van der Waals surface area (Å²) in [6.45, 7) is 11.1. The minimum atomic E-state index is -0.346. The van der Waals surface area contributed by atoms with Gasteiger partial charge in [0, 0.05) is 7.11 Å². The lowest BCUT2D eigenvalue weighted by Crippen LogP contribution is -2.41. The van der Waals surface area contributed by atoms with Gasteiger partial charge in [-0.05, 0) is 87.0 Å². The van der Waals surface area contributed by atoms with Gasteiger partial charge in [-0.3, -0.25) is 0 Å². The maximum Gasteiger partial charge on any atom is 0.495 e. The predicted octanol–water partition coefficient (Wildman–Crippen LogP) is 3.19. The number of aryl methyl sites for hydroxylation is 1. The summed E-state index contributed by atoms with van der Waals surface area (Å²) in [5, 5.41) is 0. The molecule has 0 aromatic heterocycles. The Labute approximate surface area is 151 Å². The summed E-state index contributed by atoms with van der Waals surface area (Å²) in [6, 6.07) is 4.29. The summed E-state index contributed by atoms with van der Waals surface area (Å²) in [4.78, 5) is 0. The average molecular weight is 344 g/mol. The lowest BCUT2D eigenvalue weighted by Gasteiger charge is -2.32. The zero-order chi connectivity index (χ0) is 18.0. The van der Waals surface area contributed by atoms with Crippen LogP contribution in [0, 0.1) is 5.92 Å². The van der Waals surface area contributed by atoms with Crippen molar-refractivity contribution in [3.05, 3.63) is 23.3 Å². The van der Waals surface area contributed by atoms with Crippen molar-refractivity contribution in [3.63, 3.8) is 0 Å². The van der Waals surface area contributed by atoms with Crippen LogP contribution in [0.15, 0.2) is 12.1 Å². The van der Waals surface area contributed by atoms with E-state index in [1.54, 1.807) is 7.11 Å². The maximum atomic E-state index is 6.38. The summed E-state index contributed by atoms with van der Waals surface area (Å²) in [5.41, 5.74) is 3.55. The molecule has 5 heteroatoms. The molecule has 1 saturated carbocycles. The molecule has 4 nitrogen and oxygen atoms in total. The topological polar surface area (TPSA) is 36.9 Å². The average Bonchev–Trinajstić information content (AvgIpc) is 3.16. The van der Waals surface area contributed by atoms with Gasteiger partial charge in [0.25, 0.3) is 0 Å². The Bertz CT molecular complexity index is 683. The lowest BCUT2D eigenvalue weighted by atomic mass is 9.68. The van der Waals surface area contributed by atoms with E-state index in [4.69, 9.17) is 18.8 Å². The molecule has 1 aromatic carbocycles. The van der Waals surface area contributed by atoms with E-state index in [0.29, 0.717) is 0 Å². The quantitative estimate of drug-likeness (QED) is 0.621. The highest BCUT2D eigenvalue weighted by Crippen LogP contribution is 2.59. The third-order valence-electron chi connectivity index (χ3n) is 6.82. The van der Waals surface area contributed by atoms with Crippen molar-refractivity contribution < 1.29 is 18.8 Å². The first-order valence-electron chi connectivity index (χ1n) is 9.33. The zero-order valence-electron chi connectivity index (χ0n) is 16.3. The Morgan fingerprint density at radius 3 is 2.44 bits per heavy atom. The second kappa shape index (κ2) is 5.48. The Kier molecular flexibility index (Phi) is 3.81. The monoisotopic (exact) mass is 344 g/mol. The molecule has 3 aliphatic rings. The van der Waals surface area contributed by atoms with Gasteiger partial charge < -0.3 is 18.8 Å². The summed E-state index contributed by atoms with van der Waals surface area (Å²) in [7, 11) is 1.30. The first kappa shape index (κ1) is 17.4. The summed E-state index contributed by atoms with van der Waals surface area (Å²) < 4.78 is 23.6. The van der Waals surface area contributed by atoms with Gasteiger partial charge in [0.1, 0.15) is 5.75 Å². The number of hydrogen-bond acceptors (Lipinski definition) is 4.